The number of H-pyrrole nitrogens is 1. The van der Waals surface area contributed by atoms with Gasteiger partial charge in [0, 0.05) is 23.3 Å². The number of nitrogens with one attached hydrogen (secondary N) is 1. The molecule has 110 valence electrons. The van der Waals surface area contributed by atoms with Crippen molar-refractivity contribution in [3.63, 3.8) is 0 Å². The molecule has 0 fully saturated rings. The van der Waals surface area contributed by atoms with Gasteiger partial charge < -0.3 is 10.5 Å². The summed E-state index contributed by atoms with van der Waals surface area (Å²) < 4.78 is 5.97. The summed E-state index contributed by atoms with van der Waals surface area (Å²) in [6, 6.07) is 0. The van der Waals surface area contributed by atoms with E-state index in [0.717, 1.165) is 36.3 Å². The van der Waals surface area contributed by atoms with Crippen LogP contribution in [-0.4, -0.2) is 22.8 Å². The lowest BCUT2D eigenvalue weighted by molar-refractivity contribution is 0.160. The molecule has 0 saturated heterocycles. The van der Waals surface area contributed by atoms with Gasteiger partial charge in [0.2, 0.25) is 0 Å². The number of rotatable bonds is 5. The van der Waals surface area contributed by atoms with E-state index in [1.807, 2.05) is 0 Å². The summed E-state index contributed by atoms with van der Waals surface area (Å²) in [4.78, 5) is 0. The fourth-order valence-electron chi connectivity index (χ4n) is 2.87. The van der Waals surface area contributed by atoms with Gasteiger partial charge in [0.1, 0.15) is 11.9 Å². The number of allylic oxidation sites excluding steroid dienone is 3. The summed E-state index contributed by atoms with van der Waals surface area (Å²) in [6.45, 7) is 9.09. The van der Waals surface area contributed by atoms with Crippen LogP contribution in [0.5, 0.6) is 0 Å². The second kappa shape index (κ2) is 6.27. The van der Waals surface area contributed by atoms with Gasteiger partial charge in [0.15, 0.2) is 0 Å². The number of aromatic nitrogens is 2. The molecule has 0 aromatic carbocycles. The SMILES string of the molecule is CCC1=C(c2n[nH]c(CC)c2CCN)C(C)=C[C@@H](C)O1. The van der Waals surface area contributed by atoms with Gasteiger partial charge in [-0.05, 0) is 44.9 Å². The Kier molecular flexibility index (Phi) is 4.65. The maximum absolute atomic E-state index is 5.97. The first-order chi connectivity index (χ1) is 9.62. The van der Waals surface area contributed by atoms with E-state index in [-0.39, 0.29) is 6.10 Å². The molecule has 0 spiro atoms. The average Bonchev–Trinajstić information content (AvgIpc) is 2.81. The molecule has 0 unspecified atom stereocenters. The van der Waals surface area contributed by atoms with Crippen LogP contribution >= 0.6 is 0 Å². The summed E-state index contributed by atoms with van der Waals surface area (Å²) in [5.41, 5.74) is 11.6. The normalized spacial score (nSPS) is 19.1. The highest BCUT2D eigenvalue weighted by Crippen LogP contribution is 2.35. The van der Waals surface area contributed by atoms with Gasteiger partial charge >= 0.3 is 0 Å². The Morgan fingerprint density at radius 1 is 1.35 bits per heavy atom. The number of ether oxygens (including phenoxy) is 1. The van der Waals surface area contributed by atoms with Crippen LogP contribution in [0.4, 0.5) is 0 Å². The molecule has 20 heavy (non-hydrogen) atoms. The summed E-state index contributed by atoms with van der Waals surface area (Å²) in [7, 11) is 0. The molecule has 1 aliphatic rings. The molecule has 3 N–H and O–H groups in total. The van der Waals surface area contributed by atoms with E-state index in [4.69, 9.17) is 10.5 Å². The molecule has 2 heterocycles. The molecule has 2 rings (SSSR count). The fraction of sp³-hybridized carbons (Fsp3) is 0.562. The number of aryl methyl sites for hydroxylation is 1. The Morgan fingerprint density at radius 2 is 2.10 bits per heavy atom. The smallest absolute Gasteiger partial charge is 0.114 e. The molecule has 1 aromatic heterocycles. The third kappa shape index (κ3) is 2.66. The first-order valence-electron chi connectivity index (χ1n) is 7.47. The second-order valence-corrected chi connectivity index (χ2v) is 5.25. The maximum atomic E-state index is 5.97. The Labute approximate surface area is 121 Å². The highest BCUT2D eigenvalue weighted by molar-refractivity contribution is 5.81. The van der Waals surface area contributed by atoms with Crippen LogP contribution in [0.25, 0.3) is 5.57 Å². The Hall–Kier alpha value is -1.55. The van der Waals surface area contributed by atoms with Gasteiger partial charge in [-0.3, -0.25) is 5.10 Å². The van der Waals surface area contributed by atoms with Crippen molar-refractivity contribution in [1.82, 2.24) is 10.2 Å². The van der Waals surface area contributed by atoms with Crippen molar-refractivity contribution in [3.05, 3.63) is 34.4 Å². The second-order valence-electron chi connectivity index (χ2n) is 5.25. The Bertz CT molecular complexity index is 540. The highest BCUT2D eigenvalue weighted by atomic mass is 16.5. The molecular formula is C16H25N3O. The summed E-state index contributed by atoms with van der Waals surface area (Å²) in [6.07, 6.45) is 4.95. The first kappa shape index (κ1) is 14.9. The van der Waals surface area contributed by atoms with E-state index >= 15 is 0 Å². The van der Waals surface area contributed by atoms with Crippen molar-refractivity contribution in [3.8, 4) is 0 Å². The quantitative estimate of drug-likeness (QED) is 0.868. The van der Waals surface area contributed by atoms with E-state index in [0.29, 0.717) is 6.54 Å². The maximum Gasteiger partial charge on any atom is 0.114 e. The fourth-order valence-corrected chi connectivity index (χ4v) is 2.87. The molecule has 4 nitrogen and oxygen atoms in total. The highest BCUT2D eigenvalue weighted by Gasteiger charge is 2.24. The predicted octanol–water partition coefficient (Wildman–Crippen LogP) is 2.96. The zero-order valence-corrected chi connectivity index (χ0v) is 12.9. The first-order valence-corrected chi connectivity index (χ1v) is 7.47. The van der Waals surface area contributed by atoms with E-state index in [1.54, 1.807) is 0 Å². The third-order valence-corrected chi connectivity index (χ3v) is 3.74. The number of nitrogens with zero attached hydrogens (tertiary/aromatic N) is 1. The minimum atomic E-state index is 0.135. The van der Waals surface area contributed by atoms with Crippen molar-refractivity contribution in [1.29, 1.82) is 0 Å². The van der Waals surface area contributed by atoms with Crippen LogP contribution in [0.1, 0.15) is 51.1 Å². The number of hydrogen-bond donors (Lipinski definition) is 2. The van der Waals surface area contributed by atoms with Crippen molar-refractivity contribution in [2.24, 2.45) is 5.73 Å². The van der Waals surface area contributed by atoms with Crippen molar-refractivity contribution in [2.45, 2.75) is 53.1 Å². The van der Waals surface area contributed by atoms with E-state index in [1.165, 1.54) is 16.8 Å². The Morgan fingerprint density at radius 3 is 2.70 bits per heavy atom. The molecule has 0 radical (unpaired) electrons. The predicted molar refractivity (Wildman–Crippen MR) is 82.2 cm³/mol. The molecule has 4 heteroatoms. The monoisotopic (exact) mass is 275 g/mol. The van der Waals surface area contributed by atoms with Crippen LogP contribution in [0.3, 0.4) is 0 Å². The van der Waals surface area contributed by atoms with Crippen molar-refractivity contribution >= 4 is 5.57 Å². The topological polar surface area (TPSA) is 63.9 Å². The lowest BCUT2D eigenvalue weighted by Crippen LogP contribution is -2.14. The molecule has 1 atom stereocenters. The molecule has 0 bridgehead atoms. The largest absolute Gasteiger partial charge is 0.490 e. The van der Waals surface area contributed by atoms with Crippen LogP contribution in [0, 0.1) is 0 Å². The van der Waals surface area contributed by atoms with Gasteiger partial charge in [0.25, 0.3) is 0 Å². The zero-order valence-electron chi connectivity index (χ0n) is 12.9. The molecule has 0 amide bonds. The van der Waals surface area contributed by atoms with E-state index < -0.39 is 0 Å². The molecule has 0 saturated carbocycles. The third-order valence-electron chi connectivity index (χ3n) is 3.74. The van der Waals surface area contributed by atoms with Crippen molar-refractivity contribution < 1.29 is 4.74 Å². The van der Waals surface area contributed by atoms with Gasteiger partial charge in [-0.15, -0.1) is 0 Å². The van der Waals surface area contributed by atoms with Gasteiger partial charge in [-0.2, -0.15) is 5.10 Å². The van der Waals surface area contributed by atoms with Crippen molar-refractivity contribution in [2.75, 3.05) is 6.54 Å². The lowest BCUT2D eigenvalue weighted by Gasteiger charge is -2.24. The number of hydrogen-bond acceptors (Lipinski definition) is 3. The van der Waals surface area contributed by atoms with Gasteiger partial charge in [-0.1, -0.05) is 13.8 Å². The summed E-state index contributed by atoms with van der Waals surface area (Å²) >= 11 is 0. The van der Waals surface area contributed by atoms with Crippen LogP contribution < -0.4 is 5.73 Å². The molecule has 1 aromatic rings. The van der Waals surface area contributed by atoms with Crippen LogP contribution in [0.2, 0.25) is 0 Å². The van der Waals surface area contributed by atoms with E-state index in [9.17, 15) is 0 Å². The zero-order chi connectivity index (χ0) is 14.7. The molecule has 0 aliphatic carbocycles. The van der Waals surface area contributed by atoms with Crippen LogP contribution in [-0.2, 0) is 17.6 Å². The average molecular weight is 275 g/mol. The minimum Gasteiger partial charge on any atom is -0.490 e. The minimum absolute atomic E-state index is 0.135. The summed E-state index contributed by atoms with van der Waals surface area (Å²) in [5, 5.41) is 7.70. The lowest BCUT2D eigenvalue weighted by atomic mass is 9.93. The molecular weight excluding hydrogens is 250 g/mol. The van der Waals surface area contributed by atoms with Crippen LogP contribution in [0.15, 0.2) is 17.4 Å². The molecule has 1 aliphatic heterocycles. The standard InChI is InChI=1S/C16H25N3O/c1-5-13-12(7-8-17)16(19-18-13)15-10(3)9-11(4)20-14(15)6-2/h9,11H,5-8,17H2,1-4H3,(H,18,19)/t11-/m1/s1. The number of aromatic amines is 1. The number of nitrogens with two attached hydrogens (primary N) is 1. The Balaban J connectivity index is 2.54. The summed E-state index contributed by atoms with van der Waals surface area (Å²) in [5.74, 6) is 1.03. The van der Waals surface area contributed by atoms with Gasteiger partial charge in [-0.25, -0.2) is 0 Å². The van der Waals surface area contributed by atoms with Gasteiger partial charge in [0.05, 0.1) is 5.69 Å². The van der Waals surface area contributed by atoms with E-state index in [2.05, 4.69) is 44.0 Å².